The van der Waals surface area contributed by atoms with E-state index in [1.54, 1.807) is 20.8 Å². The molecule has 5 nitrogen and oxygen atoms in total. The number of carbonyl (C=O) groups excluding carboxylic acids is 1. The number of ether oxygens (including phenoxy) is 1. The van der Waals surface area contributed by atoms with E-state index in [9.17, 15) is 9.59 Å². The first-order chi connectivity index (χ1) is 8.24. The van der Waals surface area contributed by atoms with E-state index in [2.05, 4.69) is 0 Å². The van der Waals surface area contributed by atoms with Gasteiger partial charge in [-0.1, -0.05) is 11.6 Å². The van der Waals surface area contributed by atoms with Crippen LogP contribution >= 0.6 is 0 Å². The van der Waals surface area contributed by atoms with E-state index in [-0.39, 0.29) is 6.54 Å². The number of hydrogen-bond donors (Lipinski definition) is 1. The van der Waals surface area contributed by atoms with Crippen LogP contribution in [0.15, 0.2) is 11.6 Å². The van der Waals surface area contributed by atoms with Crippen molar-refractivity contribution in [1.29, 1.82) is 0 Å². The molecule has 0 aromatic carbocycles. The molecule has 1 amide bonds. The Bertz CT molecular complexity index is 368. The van der Waals surface area contributed by atoms with Gasteiger partial charge >= 0.3 is 12.1 Å². The predicted molar refractivity (Wildman–Crippen MR) is 67.3 cm³/mol. The fourth-order valence-electron chi connectivity index (χ4n) is 1.94. The lowest BCUT2D eigenvalue weighted by Crippen LogP contribution is -2.45. The minimum atomic E-state index is -0.892. The maximum atomic E-state index is 11.9. The van der Waals surface area contributed by atoms with Crippen molar-refractivity contribution in [3.05, 3.63) is 11.6 Å². The van der Waals surface area contributed by atoms with Gasteiger partial charge in [0.1, 0.15) is 5.60 Å². The highest BCUT2D eigenvalue weighted by Crippen LogP contribution is 2.24. The molecule has 0 saturated carbocycles. The quantitative estimate of drug-likeness (QED) is 0.730. The third kappa shape index (κ3) is 3.75. The van der Waals surface area contributed by atoms with Crippen LogP contribution in [0.25, 0.3) is 0 Å². The Kier molecular flexibility index (Phi) is 4.38. The van der Waals surface area contributed by atoms with Crippen molar-refractivity contribution in [2.24, 2.45) is 5.92 Å². The van der Waals surface area contributed by atoms with Gasteiger partial charge in [-0.25, -0.2) is 4.79 Å². The number of allylic oxidation sites excluding steroid dienone is 1. The highest BCUT2D eigenvalue weighted by Gasteiger charge is 2.33. The van der Waals surface area contributed by atoms with Gasteiger partial charge in [0, 0.05) is 13.1 Å². The lowest BCUT2D eigenvalue weighted by Gasteiger charge is -2.34. The molecule has 1 N–H and O–H groups in total. The topological polar surface area (TPSA) is 66.8 Å². The molecule has 0 aliphatic carbocycles. The molecular weight excluding hydrogens is 234 g/mol. The van der Waals surface area contributed by atoms with Gasteiger partial charge in [-0.3, -0.25) is 4.79 Å². The van der Waals surface area contributed by atoms with Crippen LogP contribution in [-0.2, 0) is 9.53 Å². The van der Waals surface area contributed by atoms with Gasteiger partial charge in [-0.15, -0.1) is 0 Å². The first-order valence-electron chi connectivity index (χ1n) is 6.10. The lowest BCUT2D eigenvalue weighted by molar-refractivity contribution is -0.141. The van der Waals surface area contributed by atoms with E-state index in [4.69, 9.17) is 9.84 Å². The van der Waals surface area contributed by atoms with E-state index in [1.807, 2.05) is 13.0 Å². The third-order valence-corrected chi connectivity index (χ3v) is 2.84. The van der Waals surface area contributed by atoms with Crippen LogP contribution in [0, 0.1) is 5.92 Å². The van der Waals surface area contributed by atoms with E-state index in [0.29, 0.717) is 13.0 Å². The second-order valence-electron chi connectivity index (χ2n) is 5.43. The summed E-state index contributed by atoms with van der Waals surface area (Å²) in [6, 6.07) is 0. The average molecular weight is 255 g/mol. The lowest BCUT2D eigenvalue weighted by atomic mass is 9.92. The van der Waals surface area contributed by atoms with Crippen molar-refractivity contribution in [1.82, 2.24) is 4.90 Å². The van der Waals surface area contributed by atoms with Crippen molar-refractivity contribution in [3.8, 4) is 0 Å². The highest BCUT2D eigenvalue weighted by molar-refractivity contribution is 5.76. The number of carboxylic acid groups (broad SMARTS) is 1. The maximum absolute atomic E-state index is 11.9. The molecule has 0 aromatic heterocycles. The number of carbonyl (C=O) groups is 2. The van der Waals surface area contributed by atoms with Crippen LogP contribution in [0.1, 0.15) is 34.1 Å². The molecule has 0 spiro atoms. The molecule has 102 valence electrons. The number of likely N-dealkylation sites (tertiary alicyclic amines) is 1. The Morgan fingerprint density at radius 3 is 2.50 bits per heavy atom. The summed E-state index contributed by atoms with van der Waals surface area (Å²) >= 11 is 0. The number of amides is 1. The summed E-state index contributed by atoms with van der Waals surface area (Å²) in [5, 5.41) is 9.15. The third-order valence-electron chi connectivity index (χ3n) is 2.84. The smallest absolute Gasteiger partial charge is 0.410 e. The Morgan fingerprint density at radius 1 is 1.44 bits per heavy atom. The first kappa shape index (κ1) is 14.5. The molecule has 1 aliphatic heterocycles. The molecule has 1 atom stereocenters. The van der Waals surface area contributed by atoms with E-state index >= 15 is 0 Å². The number of piperidine rings is 1. The number of aliphatic carboxylic acids is 1. The summed E-state index contributed by atoms with van der Waals surface area (Å²) in [6.45, 7) is 7.90. The molecule has 5 heteroatoms. The largest absolute Gasteiger partial charge is 0.481 e. The predicted octanol–water partition coefficient (Wildman–Crippen LogP) is 2.27. The van der Waals surface area contributed by atoms with Crippen molar-refractivity contribution in [3.63, 3.8) is 0 Å². The normalized spacial score (nSPS) is 23.0. The second kappa shape index (κ2) is 5.42. The SMILES string of the molecule is CC=C1CCN(C(=O)OC(C)(C)C)CC1C(=O)O. The van der Waals surface area contributed by atoms with Gasteiger partial charge in [0.05, 0.1) is 5.92 Å². The highest BCUT2D eigenvalue weighted by atomic mass is 16.6. The molecule has 0 radical (unpaired) electrons. The van der Waals surface area contributed by atoms with Crippen molar-refractivity contribution in [2.75, 3.05) is 13.1 Å². The molecule has 18 heavy (non-hydrogen) atoms. The average Bonchev–Trinajstić information content (AvgIpc) is 2.25. The minimum absolute atomic E-state index is 0.184. The number of nitrogens with zero attached hydrogens (tertiary/aromatic N) is 1. The Morgan fingerprint density at radius 2 is 2.06 bits per heavy atom. The van der Waals surface area contributed by atoms with Crippen LogP contribution < -0.4 is 0 Å². The summed E-state index contributed by atoms with van der Waals surface area (Å²) in [6.07, 6.45) is 1.97. The van der Waals surface area contributed by atoms with Gasteiger partial charge < -0.3 is 14.7 Å². The summed E-state index contributed by atoms with van der Waals surface area (Å²) in [4.78, 5) is 24.5. The van der Waals surface area contributed by atoms with E-state index in [1.165, 1.54) is 4.90 Å². The van der Waals surface area contributed by atoms with Crippen molar-refractivity contribution < 1.29 is 19.4 Å². The van der Waals surface area contributed by atoms with Gasteiger partial charge in [0.15, 0.2) is 0 Å². The summed E-state index contributed by atoms with van der Waals surface area (Å²) in [5.74, 6) is -1.51. The maximum Gasteiger partial charge on any atom is 0.410 e. The van der Waals surface area contributed by atoms with Gasteiger partial charge in [0.25, 0.3) is 0 Å². The number of rotatable bonds is 1. The van der Waals surface area contributed by atoms with Crippen LogP contribution in [0.5, 0.6) is 0 Å². The molecule has 1 unspecified atom stereocenters. The van der Waals surface area contributed by atoms with E-state index in [0.717, 1.165) is 5.57 Å². The fraction of sp³-hybridized carbons (Fsp3) is 0.692. The summed E-state index contributed by atoms with van der Waals surface area (Å²) in [7, 11) is 0. The summed E-state index contributed by atoms with van der Waals surface area (Å²) < 4.78 is 5.25. The van der Waals surface area contributed by atoms with Gasteiger partial charge in [-0.2, -0.15) is 0 Å². The molecule has 1 fully saturated rings. The fourth-order valence-corrected chi connectivity index (χ4v) is 1.94. The number of carboxylic acids is 1. The van der Waals surface area contributed by atoms with Crippen LogP contribution in [0.2, 0.25) is 0 Å². The Hall–Kier alpha value is -1.52. The zero-order valence-corrected chi connectivity index (χ0v) is 11.4. The molecular formula is C13H21NO4. The minimum Gasteiger partial charge on any atom is -0.481 e. The molecule has 1 heterocycles. The van der Waals surface area contributed by atoms with Gasteiger partial charge in [-0.05, 0) is 34.1 Å². The zero-order chi connectivity index (χ0) is 13.9. The molecule has 0 bridgehead atoms. The molecule has 1 aliphatic rings. The first-order valence-corrected chi connectivity index (χ1v) is 6.10. The second-order valence-corrected chi connectivity index (χ2v) is 5.43. The Labute approximate surface area is 107 Å². The Balaban J connectivity index is 2.72. The monoisotopic (exact) mass is 255 g/mol. The van der Waals surface area contributed by atoms with Crippen molar-refractivity contribution in [2.45, 2.75) is 39.7 Å². The molecule has 0 aromatic rings. The molecule has 1 saturated heterocycles. The van der Waals surface area contributed by atoms with E-state index < -0.39 is 23.6 Å². The number of hydrogen-bond acceptors (Lipinski definition) is 3. The van der Waals surface area contributed by atoms with Crippen LogP contribution in [0.4, 0.5) is 4.79 Å². The van der Waals surface area contributed by atoms with Crippen LogP contribution in [-0.4, -0.2) is 40.8 Å². The van der Waals surface area contributed by atoms with Crippen LogP contribution in [0.3, 0.4) is 0 Å². The zero-order valence-electron chi connectivity index (χ0n) is 11.4. The summed E-state index contributed by atoms with van der Waals surface area (Å²) in [5.41, 5.74) is 0.318. The van der Waals surface area contributed by atoms with Crippen molar-refractivity contribution >= 4 is 12.1 Å². The standard InChI is InChI=1S/C13H21NO4/c1-5-9-6-7-14(8-10(9)11(15)16)12(17)18-13(2,3)4/h5,10H,6-8H2,1-4H3,(H,15,16). The van der Waals surface area contributed by atoms with Gasteiger partial charge in [0.2, 0.25) is 0 Å². The molecule has 1 rings (SSSR count).